The lowest BCUT2D eigenvalue weighted by Gasteiger charge is -2.32. The van der Waals surface area contributed by atoms with E-state index < -0.39 is 40.5 Å². The van der Waals surface area contributed by atoms with Crippen LogP contribution in [-0.4, -0.2) is 22.0 Å². The first-order chi connectivity index (χ1) is 11.2. The molecule has 0 aliphatic heterocycles. The fraction of sp³-hybridized carbons (Fsp3) is 0.176. The van der Waals surface area contributed by atoms with Crippen LogP contribution in [0.1, 0.15) is 24.0 Å². The summed E-state index contributed by atoms with van der Waals surface area (Å²) in [6.07, 6.45) is 0. The second kappa shape index (κ2) is 6.67. The summed E-state index contributed by atoms with van der Waals surface area (Å²) in [5.41, 5.74) is -4.14. The zero-order valence-electron chi connectivity index (χ0n) is 12.5. The zero-order valence-corrected chi connectivity index (χ0v) is 13.2. The number of rotatable bonds is 5. The molecular weight excluding hydrogens is 342 g/mol. The molecule has 126 valence electrons. The lowest BCUT2D eigenvalue weighted by Crippen LogP contribution is -2.46. The van der Waals surface area contributed by atoms with Crippen LogP contribution in [0.5, 0.6) is 0 Å². The normalized spacial score (nSPS) is 14.7. The van der Waals surface area contributed by atoms with E-state index in [4.69, 9.17) is 11.6 Å². The van der Waals surface area contributed by atoms with E-state index in [2.05, 4.69) is 0 Å². The van der Waals surface area contributed by atoms with E-state index in [1.807, 2.05) is 0 Å². The molecule has 2 atom stereocenters. The van der Waals surface area contributed by atoms with Gasteiger partial charge in [0.2, 0.25) is 5.60 Å². The predicted octanol–water partition coefficient (Wildman–Crippen LogP) is 3.26. The van der Waals surface area contributed by atoms with Crippen LogP contribution in [0.25, 0.3) is 0 Å². The van der Waals surface area contributed by atoms with E-state index in [1.165, 1.54) is 24.3 Å². The number of hydrogen-bond acceptors (Lipinski definition) is 3. The molecule has 24 heavy (non-hydrogen) atoms. The van der Waals surface area contributed by atoms with Gasteiger partial charge >= 0.3 is 5.97 Å². The second-order valence-corrected chi connectivity index (χ2v) is 5.70. The van der Waals surface area contributed by atoms with Crippen molar-refractivity contribution in [2.45, 2.75) is 18.4 Å². The Kier molecular flexibility index (Phi) is 5.01. The van der Waals surface area contributed by atoms with Gasteiger partial charge in [-0.05, 0) is 36.8 Å². The van der Waals surface area contributed by atoms with Crippen LogP contribution in [0.2, 0.25) is 5.02 Å². The minimum Gasteiger partial charge on any atom is -0.479 e. The van der Waals surface area contributed by atoms with E-state index in [9.17, 15) is 28.6 Å². The molecule has 2 unspecified atom stereocenters. The van der Waals surface area contributed by atoms with Gasteiger partial charge in [0.25, 0.3) is 0 Å². The van der Waals surface area contributed by atoms with Crippen molar-refractivity contribution in [3.05, 3.63) is 70.2 Å². The van der Waals surface area contributed by atoms with Gasteiger partial charge in [0.05, 0.1) is 11.5 Å². The SMILES string of the molecule is CC(=O)C(c1ccc(Cl)cc1)C(O)(C(=O)O)c1c(F)cccc1F. The van der Waals surface area contributed by atoms with Crippen molar-refractivity contribution in [3.63, 3.8) is 0 Å². The van der Waals surface area contributed by atoms with Gasteiger partial charge in [-0.25, -0.2) is 13.6 Å². The van der Waals surface area contributed by atoms with Crippen LogP contribution < -0.4 is 0 Å². The third-order valence-electron chi connectivity index (χ3n) is 3.70. The van der Waals surface area contributed by atoms with Crippen LogP contribution >= 0.6 is 11.6 Å². The van der Waals surface area contributed by atoms with Gasteiger partial charge in [-0.3, -0.25) is 4.79 Å². The van der Waals surface area contributed by atoms with Crippen LogP contribution in [0.4, 0.5) is 8.78 Å². The summed E-state index contributed by atoms with van der Waals surface area (Å²) in [5, 5.41) is 20.6. The molecule has 0 bridgehead atoms. The molecule has 0 heterocycles. The largest absolute Gasteiger partial charge is 0.479 e. The highest BCUT2D eigenvalue weighted by molar-refractivity contribution is 6.30. The van der Waals surface area contributed by atoms with Crippen LogP contribution in [0.15, 0.2) is 42.5 Å². The maximum atomic E-state index is 14.1. The Hall–Kier alpha value is -2.31. The molecule has 0 amide bonds. The van der Waals surface area contributed by atoms with Crippen molar-refractivity contribution in [1.29, 1.82) is 0 Å². The van der Waals surface area contributed by atoms with Gasteiger partial charge in [-0.2, -0.15) is 0 Å². The molecule has 2 rings (SSSR count). The summed E-state index contributed by atoms with van der Waals surface area (Å²) in [6, 6.07) is 8.06. The zero-order chi connectivity index (χ0) is 18.1. The molecular formula is C17H13ClF2O4. The molecule has 0 radical (unpaired) electrons. The highest BCUT2D eigenvalue weighted by atomic mass is 35.5. The summed E-state index contributed by atoms with van der Waals surface area (Å²) >= 11 is 5.76. The lowest BCUT2D eigenvalue weighted by atomic mass is 9.75. The fourth-order valence-corrected chi connectivity index (χ4v) is 2.79. The maximum Gasteiger partial charge on any atom is 0.341 e. The third-order valence-corrected chi connectivity index (χ3v) is 3.95. The Morgan fingerprint density at radius 1 is 1.08 bits per heavy atom. The molecule has 2 aromatic rings. The number of Topliss-reactive ketones (excluding diaryl/α,β-unsaturated/α-hetero) is 1. The van der Waals surface area contributed by atoms with Crippen LogP contribution in [-0.2, 0) is 15.2 Å². The molecule has 0 spiro atoms. The fourth-order valence-electron chi connectivity index (χ4n) is 2.66. The molecule has 0 fully saturated rings. The molecule has 2 aromatic carbocycles. The van der Waals surface area contributed by atoms with Crippen molar-refractivity contribution in [2.24, 2.45) is 0 Å². The molecule has 7 heteroatoms. The van der Waals surface area contributed by atoms with Gasteiger partial charge in [-0.15, -0.1) is 0 Å². The highest BCUT2D eigenvalue weighted by Gasteiger charge is 2.52. The van der Waals surface area contributed by atoms with Crippen molar-refractivity contribution in [1.82, 2.24) is 0 Å². The van der Waals surface area contributed by atoms with Crippen LogP contribution in [0.3, 0.4) is 0 Å². The Morgan fingerprint density at radius 3 is 2.00 bits per heavy atom. The van der Waals surface area contributed by atoms with Gasteiger partial charge in [0, 0.05) is 5.02 Å². The summed E-state index contributed by atoms with van der Waals surface area (Å²) in [5.74, 6) is -6.97. The first-order valence-corrected chi connectivity index (χ1v) is 7.23. The number of carboxylic acid groups (broad SMARTS) is 1. The summed E-state index contributed by atoms with van der Waals surface area (Å²) in [6.45, 7) is 1.03. The molecule has 2 N–H and O–H groups in total. The van der Waals surface area contributed by atoms with Gasteiger partial charge in [0.15, 0.2) is 0 Å². The van der Waals surface area contributed by atoms with E-state index in [0.717, 1.165) is 25.1 Å². The molecule has 0 saturated heterocycles. The molecule has 0 aromatic heterocycles. The number of hydrogen-bond donors (Lipinski definition) is 2. The number of aliphatic hydroxyl groups is 1. The molecule has 0 aliphatic carbocycles. The smallest absolute Gasteiger partial charge is 0.341 e. The molecule has 0 aliphatic rings. The Balaban J connectivity index is 2.77. The standard InChI is InChI=1S/C17H13ClF2O4/c1-9(21)14(10-5-7-11(18)8-6-10)17(24,16(22)23)15-12(19)3-2-4-13(15)20/h2-8,14,24H,1H3,(H,22,23). The number of carbonyl (C=O) groups excluding carboxylic acids is 1. The quantitative estimate of drug-likeness (QED) is 0.864. The van der Waals surface area contributed by atoms with E-state index in [0.29, 0.717) is 5.02 Å². The molecule has 0 saturated carbocycles. The summed E-state index contributed by atoms with van der Waals surface area (Å²) in [7, 11) is 0. The van der Waals surface area contributed by atoms with Gasteiger partial charge < -0.3 is 10.2 Å². The first-order valence-electron chi connectivity index (χ1n) is 6.85. The predicted molar refractivity (Wildman–Crippen MR) is 82.8 cm³/mol. The number of aliphatic carboxylic acids is 1. The summed E-state index contributed by atoms with van der Waals surface area (Å²) in [4.78, 5) is 23.8. The number of halogens is 3. The van der Waals surface area contributed by atoms with Crippen molar-refractivity contribution in [3.8, 4) is 0 Å². The first kappa shape index (κ1) is 18.0. The minimum absolute atomic E-state index is 0.0689. The van der Waals surface area contributed by atoms with E-state index in [-0.39, 0.29) is 5.56 Å². The Labute approximate surface area is 141 Å². The summed E-state index contributed by atoms with van der Waals surface area (Å²) < 4.78 is 28.2. The number of ketones is 1. The van der Waals surface area contributed by atoms with Gasteiger partial charge in [-0.1, -0.05) is 29.8 Å². The average molecular weight is 355 g/mol. The topological polar surface area (TPSA) is 74.6 Å². The van der Waals surface area contributed by atoms with Crippen LogP contribution in [0, 0.1) is 11.6 Å². The van der Waals surface area contributed by atoms with Crippen molar-refractivity contribution >= 4 is 23.4 Å². The van der Waals surface area contributed by atoms with E-state index >= 15 is 0 Å². The number of carbonyl (C=O) groups is 2. The maximum absolute atomic E-state index is 14.1. The minimum atomic E-state index is -3.12. The Bertz CT molecular complexity index is 771. The Morgan fingerprint density at radius 2 is 1.58 bits per heavy atom. The highest BCUT2D eigenvalue weighted by Crippen LogP contribution is 2.40. The van der Waals surface area contributed by atoms with Crippen molar-refractivity contribution in [2.75, 3.05) is 0 Å². The second-order valence-electron chi connectivity index (χ2n) is 5.26. The van der Waals surface area contributed by atoms with Crippen molar-refractivity contribution < 1.29 is 28.6 Å². The van der Waals surface area contributed by atoms with E-state index in [1.54, 1.807) is 0 Å². The monoisotopic (exact) mass is 354 g/mol. The number of carboxylic acids is 1. The average Bonchev–Trinajstić information content (AvgIpc) is 2.48. The lowest BCUT2D eigenvalue weighted by molar-refractivity contribution is -0.165. The number of benzene rings is 2. The molecule has 4 nitrogen and oxygen atoms in total. The third kappa shape index (κ3) is 3.02. The van der Waals surface area contributed by atoms with Gasteiger partial charge in [0.1, 0.15) is 17.4 Å².